The Hall–Kier alpha value is -7.68. The molecule has 0 amide bonds. The molecule has 0 N–H and O–H groups in total. The zero-order valence-electron chi connectivity index (χ0n) is 32.3. The van der Waals surface area contributed by atoms with E-state index >= 15 is 0 Å². The SMILES string of the molecule is c1ccc(C2(c3ccccc3)c3ccccc3-n3c4ccc(-c5ccc(N(c6cccc7ccccc67)c6cccc7ccccc67)cc5)cc4c4cccc2c43)cc1. The molecule has 0 aliphatic carbocycles. The number of fused-ring (bicyclic) bond motifs is 7. The molecule has 2 nitrogen and oxygen atoms in total. The number of rotatable bonds is 6. The topological polar surface area (TPSA) is 8.17 Å². The molecular weight excluding hydrogens is 713 g/mol. The number of hydrogen-bond acceptors (Lipinski definition) is 1. The molecule has 1 aliphatic rings. The molecule has 11 aromatic rings. The number of benzene rings is 10. The van der Waals surface area contributed by atoms with Crippen molar-refractivity contribution in [2.45, 2.75) is 5.41 Å². The van der Waals surface area contributed by atoms with Gasteiger partial charge in [-0.05, 0) is 86.6 Å². The molecule has 0 radical (unpaired) electrons. The van der Waals surface area contributed by atoms with Gasteiger partial charge in [0.25, 0.3) is 0 Å². The van der Waals surface area contributed by atoms with E-state index in [1.807, 2.05) is 0 Å². The van der Waals surface area contributed by atoms with E-state index in [4.69, 9.17) is 0 Å². The maximum absolute atomic E-state index is 2.51. The van der Waals surface area contributed by atoms with Gasteiger partial charge in [-0.25, -0.2) is 0 Å². The number of nitrogens with zero attached hydrogens (tertiary/aromatic N) is 2. The molecule has 12 rings (SSSR count). The van der Waals surface area contributed by atoms with Crippen molar-refractivity contribution in [3.8, 4) is 16.8 Å². The Kier molecular flexibility index (Phi) is 7.48. The van der Waals surface area contributed by atoms with Gasteiger partial charge in [0.2, 0.25) is 0 Å². The molecule has 0 spiro atoms. The number of anilines is 3. The molecule has 0 saturated carbocycles. The van der Waals surface area contributed by atoms with E-state index < -0.39 is 5.41 Å². The van der Waals surface area contributed by atoms with Gasteiger partial charge in [0.15, 0.2) is 0 Å². The molecule has 0 fully saturated rings. The van der Waals surface area contributed by atoms with Gasteiger partial charge < -0.3 is 9.47 Å². The van der Waals surface area contributed by atoms with Gasteiger partial charge in [-0.1, -0.05) is 188 Å². The zero-order valence-corrected chi connectivity index (χ0v) is 32.3. The Morgan fingerprint density at radius 1 is 0.356 bits per heavy atom. The van der Waals surface area contributed by atoms with Crippen molar-refractivity contribution in [3.63, 3.8) is 0 Å². The van der Waals surface area contributed by atoms with Crippen LogP contribution in [0.3, 0.4) is 0 Å². The second kappa shape index (κ2) is 13.2. The number of aromatic nitrogens is 1. The molecule has 0 atom stereocenters. The highest BCUT2D eigenvalue weighted by atomic mass is 15.1. The van der Waals surface area contributed by atoms with Crippen LogP contribution in [0.25, 0.3) is 60.2 Å². The lowest BCUT2D eigenvalue weighted by Crippen LogP contribution is -2.35. The summed E-state index contributed by atoms with van der Waals surface area (Å²) in [5, 5.41) is 7.40. The van der Waals surface area contributed by atoms with Crippen LogP contribution in [0.15, 0.2) is 231 Å². The van der Waals surface area contributed by atoms with Crippen molar-refractivity contribution >= 4 is 60.4 Å². The molecular formula is C57H38N2. The fourth-order valence-electron chi connectivity index (χ4n) is 10.1. The first-order valence-electron chi connectivity index (χ1n) is 20.4. The van der Waals surface area contributed by atoms with Crippen molar-refractivity contribution in [1.82, 2.24) is 4.57 Å². The van der Waals surface area contributed by atoms with Crippen LogP contribution in [-0.2, 0) is 5.41 Å². The maximum Gasteiger partial charge on any atom is 0.0742 e. The molecule has 0 bridgehead atoms. The summed E-state index contributed by atoms with van der Waals surface area (Å²) in [6.45, 7) is 0. The highest BCUT2D eigenvalue weighted by Gasteiger charge is 2.45. The standard InChI is InChI=1S/C57H38N2/c1-3-20-43(21-4-1)57(44-22-5-2-6-23-44)50-27-11-12-29-55(50)59-54-37-34-42(38-49(54)48-26-15-28-51(57)56(48)59)39-32-35-45(36-33-39)58(52-30-13-18-40-16-7-9-24-46(40)52)53-31-14-19-41-17-8-10-25-47(41)53/h1-38H. The third-order valence-electron chi connectivity index (χ3n) is 12.6. The van der Waals surface area contributed by atoms with Crippen LogP contribution in [-0.4, -0.2) is 4.57 Å². The Balaban J connectivity index is 1.04. The summed E-state index contributed by atoms with van der Waals surface area (Å²) < 4.78 is 2.51. The summed E-state index contributed by atoms with van der Waals surface area (Å²) in [6.07, 6.45) is 0. The highest BCUT2D eigenvalue weighted by molar-refractivity contribution is 6.13. The molecule has 59 heavy (non-hydrogen) atoms. The van der Waals surface area contributed by atoms with Gasteiger partial charge >= 0.3 is 0 Å². The monoisotopic (exact) mass is 750 g/mol. The van der Waals surface area contributed by atoms with Crippen molar-refractivity contribution in [3.05, 3.63) is 253 Å². The molecule has 0 saturated heterocycles. The van der Waals surface area contributed by atoms with E-state index in [9.17, 15) is 0 Å². The van der Waals surface area contributed by atoms with Gasteiger partial charge in [-0.15, -0.1) is 0 Å². The minimum absolute atomic E-state index is 0.484. The summed E-state index contributed by atoms with van der Waals surface area (Å²) in [7, 11) is 0. The van der Waals surface area contributed by atoms with Gasteiger partial charge in [0.05, 0.1) is 33.5 Å². The third-order valence-corrected chi connectivity index (χ3v) is 12.6. The molecule has 276 valence electrons. The summed E-state index contributed by atoms with van der Waals surface area (Å²) in [6, 6.07) is 84.8. The Labute approximate surface area is 343 Å². The lowest BCUT2D eigenvalue weighted by Gasteiger charge is -2.41. The predicted molar refractivity (Wildman–Crippen MR) is 248 cm³/mol. The van der Waals surface area contributed by atoms with Crippen LogP contribution in [0, 0.1) is 0 Å². The minimum atomic E-state index is -0.484. The zero-order chi connectivity index (χ0) is 38.9. The summed E-state index contributed by atoms with van der Waals surface area (Å²) >= 11 is 0. The summed E-state index contributed by atoms with van der Waals surface area (Å²) in [5.41, 5.74) is 14.2. The van der Waals surface area contributed by atoms with E-state index in [0.717, 1.165) is 17.1 Å². The van der Waals surface area contributed by atoms with Gasteiger partial charge in [0.1, 0.15) is 0 Å². The van der Waals surface area contributed by atoms with Gasteiger partial charge in [-0.2, -0.15) is 0 Å². The Morgan fingerprint density at radius 2 is 0.864 bits per heavy atom. The second-order valence-electron chi connectivity index (χ2n) is 15.6. The molecule has 1 aromatic heterocycles. The Bertz CT molecular complexity index is 3250. The summed E-state index contributed by atoms with van der Waals surface area (Å²) in [5.74, 6) is 0. The molecule has 1 aliphatic heterocycles. The fraction of sp³-hybridized carbons (Fsp3) is 0.0175. The van der Waals surface area contributed by atoms with E-state index in [-0.39, 0.29) is 0 Å². The van der Waals surface area contributed by atoms with E-state index in [0.29, 0.717) is 0 Å². The van der Waals surface area contributed by atoms with Crippen molar-refractivity contribution < 1.29 is 0 Å². The normalized spacial score (nSPS) is 12.9. The lowest BCUT2D eigenvalue weighted by molar-refractivity contribution is 0.728. The third kappa shape index (κ3) is 4.93. The van der Waals surface area contributed by atoms with Crippen LogP contribution in [0.2, 0.25) is 0 Å². The van der Waals surface area contributed by atoms with Crippen LogP contribution in [0.4, 0.5) is 17.1 Å². The molecule has 0 unspecified atom stereocenters. The van der Waals surface area contributed by atoms with E-state index in [1.54, 1.807) is 0 Å². The van der Waals surface area contributed by atoms with Gasteiger partial charge in [0, 0.05) is 27.2 Å². The number of hydrogen-bond donors (Lipinski definition) is 0. The largest absolute Gasteiger partial charge is 0.309 e. The number of para-hydroxylation sites is 2. The van der Waals surface area contributed by atoms with Crippen molar-refractivity contribution in [1.29, 1.82) is 0 Å². The summed E-state index contributed by atoms with van der Waals surface area (Å²) in [4.78, 5) is 2.42. The van der Waals surface area contributed by atoms with Crippen LogP contribution in [0.5, 0.6) is 0 Å². The van der Waals surface area contributed by atoms with Crippen LogP contribution < -0.4 is 4.90 Å². The quantitative estimate of drug-likeness (QED) is 0.164. The van der Waals surface area contributed by atoms with Crippen molar-refractivity contribution in [2.75, 3.05) is 4.90 Å². The molecule has 2 heterocycles. The maximum atomic E-state index is 2.51. The fourth-order valence-corrected chi connectivity index (χ4v) is 10.1. The smallest absolute Gasteiger partial charge is 0.0742 e. The average molecular weight is 751 g/mol. The second-order valence-corrected chi connectivity index (χ2v) is 15.6. The Morgan fingerprint density at radius 3 is 1.53 bits per heavy atom. The first-order chi connectivity index (χ1) is 29.3. The van der Waals surface area contributed by atoms with Crippen molar-refractivity contribution in [2.24, 2.45) is 0 Å². The minimum Gasteiger partial charge on any atom is -0.309 e. The molecule has 10 aromatic carbocycles. The highest BCUT2D eigenvalue weighted by Crippen LogP contribution is 2.54. The predicted octanol–water partition coefficient (Wildman–Crippen LogP) is 14.9. The first kappa shape index (κ1) is 33.5. The van der Waals surface area contributed by atoms with Gasteiger partial charge in [-0.3, -0.25) is 0 Å². The lowest BCUT2D eigenvalue weighted by atomic mass is 9.63. The van der Waals surface area contributed by atoms with Crippen LogP contribution >= 0.6 is 0 Å². The van der Waals surface area contributed by atoms with E-state index in [2.05, 4.69) is 240 Å². The molecule has 2 heteroatoms. The average Bonchev–Trinajstić information content (AvgIpc) is 3.65. The van der Waals surface area contributed by atoms with Crippen LogP contribution in [0.1, 0.15) is 22.3 Å². The van der Waals surface area contributed by atoms with E-state index in [1.165, 1.54) is 82.4 Å². The first-order valence-corrected chi connectivity index (χ1v) is 20.4.